The zero-order valence-electron chi connectivity index (χ0n) is 12.2. The molecule has 0 aliphatic carbocycles. The first-order chi connectivity index (χ1) is 11.1. The van der Waals surface area contributed by atoms with Crippen molar-refractivity contribution in [3.8, 4) is 5.75 Å². The van der Waals surface area contributed by atoms with Crippen LogP contribution in [0.3, 0.4) is 0 Å². The molecule has 0 fully saturated rings. The third-order valence-electron chi connectivity index (χ3n) is 2.76. The molecule has 23 heavy (non-hydrogen) atoms. The highest BCUT2D eigenvalue weighted by Gasteiger charge is 2.03. The zero-order chi connectivity index (χ0) is 16.5. The van der Waals surface area contributed by atoms with Gasteiger partial charge in [-0.1, -0.05) is 48.0 Å². The SMILES string of the molecule is O=C(C=Cc1ccccc1Cl)NNC(=O)COc1ccccc1. The van der Waals surface area contributed by atoms with Crippen LogP contribution in [-0.2, 0) is 9.59 Å². The number of carbonyl (C=O) groups is 2. The summed E-state index contributed by atoms with van der Waals surface area (Å²) in [5.41, 5.74) is 5.23. The number of nitrogens with one attached hydrogen (secondary N) is 2. The first kappa shape index (κ1) is 16.6. The van der Waals surface area contributed by atoms with E-state index < -0.39 is 11.8 Å². The second-order valence-corrected chi connectivity index (χ2v) is 4.90. The molecular formula is C17H15ClN2O3. The third kappa shape index (κ3) is 5.84. The number of para-hydroxylation sites is 1. The van der Waals surface area contributed by atoms with Crippen molar-refractivity contribution in [2.24, 2.45) is 0 Å². The third-order valence-corrected chi connectivity index (χ3v) is 3.10. The lowest BCUT2D eigenvalue weighted by molar-refractivity contribution is -0.128. The van der Waals surface area contributed by atoms with E-state index in [0.29, 0.717) is 16.3 Å². The largest absolute Gasteiger partial charge is 0.484 e. The summed E-state index contributed by atoms with van der Waals surface area (Å²) in [4.78, 5) is 23.2. The first-order valence-electron chi connectivity index (χ1n) is 6.84. The minimum absolute atomic E-state index is 0.196. The molecule has 2 amide bonds. The number of hydrogen-bond acceptors (Lipinski definition) is 3. The number of carbonyl (C=O) groups excluding carboxylic acids is 2. The van der Waals surface area contributed by atoms with Crippen LogP contribution in [0.2, 0.25) is 5.02 Å². The quantitative estimate of drug-likeness (QED) is 0.654. The Bertz CT molecular complexity index is 702. The van der Waals surface area contributed by atoms with Crippen molar-refractivity contribution < 1.29 is 14.3 Å². The molecule has 0 spiro atoms. The van der Waals surface area contributed by atoms with Gasteiger partial charge in [0.2, 0.25) is 0 Å². The molecule has 5 nitrogen and oxygen atoms in total. The van der Waals surface area contributed by atoms with Crippen molar-refractivity contribution in [3.63, 3.8) is 0 Å². The maximum absolute atomic E-state index is 11.6. The van der Waals surface area contributed by atoms with Gasteiger partial charge >= 0.3 is 0 Å². The fraction of sp³-hybridized carbons (Fsp3) is 0.0588. The molecule has 0 unspecified atom stereocenters. The zero-order valence-corrected chi connectivity index (χ0v) is 12.9. The molecule has 6 heteroatoms. The predicted octanol–water partition coefficient (Wildman–Crippen LogP) is 2.58. The van der Waals surface area contributed by atoms with E-state index in [1.54, 1.807) is 48.5 Å². The fourth-order valence-electron chi connectivity index (χ4n) is 1.65. The maximum atomic E-state index is 11.6. The molecule has 0 aliphatic heterocycles. The minimum atomic E-state index is -0.474. The van der Waals surface area contributed by atoms with Gasteiger partial charge in [0.25, 0.3) is 11.8 Å². The van der Waals surface area contributed by atoms with Crippen molar-refractivity contribution >= 4 is 29.5 Å². The molecule has 2 rings (SSSR count). The number of rotatable bonds is 5. The van der Waals surface area contributed by atoms with Crippen molar-refractivity contribution in [2.75, 3.05) is 6.61 Å². The minimum Gasteiger partial charge on any atom is -0.484 e. The van der Waals surface area contributed by atoms with Crippen LogP contribution in [0.1, 0.15) is 5.56 Å². The monoisotopic (exact) mass is 330 g/mol. The Morgan fingerprint density at radius 1 is 1.00 bits per heavy atom. The molecule has 118 valence electrons. The summed E-state index contributed by atoms with van der Waals surface area (Å²) in [5.74, 6) is -0.362. The van der Waals surface area contributed by atoms with Crippen molar-refractivity contribution in [3.05, 3.63) is 71.3 Å². The van der Waals surface area contributed by atoms with Crippen LogP contribution >= 0.6 is 11.6 Å². The van der Waals surface area contributed by atoms with Crippen LogP contribution in [-0.4, -0.2) is 18.4 Å². The first-order valence-corrected chi connectivity index (χ1v) is 7.22. The highest BCUT2D eigenvalue weighted by molar-refractivity contribution is 6.32. The molecule has 0 aliphatic rings. The number of halogens is 1. The Morgan fingerprint density at radius 2 is 1.70 bits per heavy atom. The van der Waals surface area contributed by atoms with E-state index >= 15 is 0 Å². The highest BCUT2D eigenvalue weighted by Crippen LogP contribution is 2.15. The van der Waals surface area contributed by atoms with E-state index in [4.69, 9.17) is 16.3 Å². The average Bonchev–Trinajstić information content (AvgIpc) is 2.58. The summed E-state index contributed by atoms with van der Waals surface area (Å²) in [7, 11) is 0. The van der Waals surface area contributed by atoms with E-state index in [1.165, 1.54) is 6.08 Å². The molecule has 0 heterocycles. The average molecular weight is 331 g/mol. The van der Waals surface area contributed by atoms with Gasteiger partial charge in [0.15, 0.2) is 6.61 Å². The van der Waals surface area contributed by atoms with Gasteiger partial charge in [-0.2, -0.15) is 0 Å². The Hall–Kier alpha value is -2.79. The van der Waals surface area contributed by atoms with Crippen molar-refractivity contribution in [2.45, 2.75) is 0 Å². The summed E-state index contributed by atoms with van der Waals surface area (Å²) in [6, 6.07) is 16.0. The van der Waals surface area contributed by atoms with Crippen LogP contribution in [0.25, 0.3) is 6.08 Å². The fourth-order valence-corrected chi connectivity index (χ4v) is 1.85. The van der Waals surface area contributed by atoms with Gasteiger partial charge in [-0.05, 0) is 29.8 Å². The van der Waals surface area contributed by atoms with Gasteiger partial charge in [-0.3, -0.25) is 20.4 Å². The summed E-state index contributed by atoms with van der Waals surface area (Å²) >= 11 is 5.97. The molecule has 2 N–H and O–H groups in total. The standard InChI is InChI=1S/C17H15ClN2O3/c18-15-9-5-4-6-13(15)10-11-16(21)19-20-17(22)12-23-14-7-2-1-3-8-14/h1-11H,12H2,(H,19,21)(H,20,22). The predicted molar refractivity (Wildman–Crippen MR) is 88.7 cm³/mol. The van der Waals surface area contributed by atoms with Crippen LogP contribution in [0, 0.1) is 0 Å². The van der Waals surface area contributed by atoms with E-state index in [2.05, 4.69) is 10.9 Å². The second-order valence-electron chi connectivity index (χ2n) is 4.49. The topological polar surface area (TPSA) is 67.4 Å². The van der Waals surface area contributed by atoms with Crippen LogP contribution in [0.5, 0.6) is 5.75 Å². The summed E-state index contributed by atoms with van der Waals surface area (Å²) in [6.45, 7) is -0.196. The summed E-state index contributed by atoms with van der Waals surface area (Å²) in [5, 5.41) is 0.539. The second kappa shape index (κ2) is 8.60. The van der Waals surface area contributed by atoms with Crippen LogP contribution in [0.15, 0.2) is 60.7 Å². The maximum Gasteiger partial charge on any atom is 0.276 e. The molecule has 0 radical (unpaired) electrons. The number of hydrazine groups is 1. The van der Waals surface area contributed by atoms with Gasteiger partial charge in [-0.15, -0.1) is 0 Å². The molecule has 0 saturated heterocycles. The van der Waals surface area contributed by atoms with E-state index in [1.807, 2.05) is 12.1 Å². The van der Waals surface area contributed by atoms with Crippen LogP contribution in [0.4, 0.5) is 0 Å². The van der Waals surface area contributed by atoms with Gasteiger partial charge in [0, 0.05) is 11.1 Å². The smallest absolute Gasteiger partial charge is 0.276 e. The molecule has 0 saturated carbocycles. The Kier molecular flexibility index (Phi) is 6.20. The number of amides is 2. The van der Waals surface area contributed by atoms with Crippen molar-refractivity contribution in [1.82, 2.24) is 10.9 Å². The van der Waals surface area contributed by atoms with Gasteiger partial charge in [0.1, 0.15) is 5.75 Å². The van der Waals surface area contributed by atoms with Gasteiger partial charge in [0.05, 0.1) is 0 Å². The number of benzene rings is 2. The molecule has 2 aromatic carbocycles. The summed E-state index contributed by atoms with van der Waals surface area (Å²) < 4.78 is 5.25. The van der Waals surface area contributed by atoms with Crippen molar-refractivity contribution in [1.29, 1.82) is 0 Å². The van der Waals surface area contributed by atoms with E-state index in [9.17, 15) is 9.59 Å². The molecule has 0 bridgehead atoms. The number of ether oxygens (including phenoxy) is 1. The summed E-state index contributed by atoms with van der Waals surface area (Å²) in [6.07, 6.45) is 2.84. The van der Waals surface area contributed by atoms with Gasteiger partial charge in [-0.25, -0.2) is 0 Å². The normalized spacial score (nSPS) is 10.3. The van der Waals surface area contributed by atoms with Gasteiger partial charge < -0.3 is 4.74 Å². The molecular weight excluding hydrogens is 316 g/mol. The molecule has 0 aromatic heterocycles. The molecule has 2 aromatic rings. The molecule has 0 atom stereocenters. The van der Waals surface area contributed by atoms with Crippen LogP contribution < -0.4 is 15.6 Å². The Labute approximate surface area is 138 Å². The lowest BCUT2D eigenvalue weighted by atomic mass is 10.2. The highest BCUT2D eigenvalue weighted by atomic mass is 35.5. The van der Waals surface area contributed by atoms with E-state index in [0.717, 1.165) is 0 Å². The Morgan fingerprint density at radius 3 is 2.43 bits per heavy atom. The number of hydrogen-bond donors (Lipinski definition) is 2. The lowest BCUT2D eigenvalue weighted by Crippen LogP contribution is -2.43. The Balaban J connectivity index is 1.73. The van der Waals surface area contributed by atoms with E-state index in [-0.39, 0.29) is 6.61 Å². The lowest BCUT2D eigenvalue weighted by Gasteiger charge is -2.07.